The molecular weight excluding hydrogens is 432 g/mol. The molecule has 9 nitrogen and oxygen atoms in total. The molecule has 0 radical (unpaired) electrons. The van der Waals surface area contributed by atoms with Gasteiger partial charge in [0.2, 0.25) is 0 Å². The minimum atomic E-state index is -3.10. The highest BCUT2D eigenvalue weighted by molar-refractivity contribution is 7.91. The second-order valence-corrected chi connectivity index (χ2v) is 10.6. The molecule has 4 rings (SSSR count). The van der Waals surface area contributed by atoms with Crippen molar-refractivity contribution in [3.63, 3.8) is 0 Å². The summed E-state index contributed by atoms with van der Waals surface area (Å²) in [6.45, 7) is 6.79. The molecule has 1 atom stereocenters. The van der Waals surface area contributed by atoms with Gasteiger partial charge in [0.05, 0.1) is 46.6 Å². The van der Waals surface area contributed by atoms with Crippen molar-refractivity contribution in [1.82, 2.24) is 20.1 Å². The summed E-state index contributed by atoms with van der Waals surface area (Å²) in [6, 6.07) is 4.92. The van der Waals surface area contributed by atoms with Crippen LogP contribution >= 0.6 is 0 Å². The van der Waals surface area contributed by atoms with Crippen molar-refractivity contribution in [2.75, 3.05) is 24.7 Å². The number of hydrogen-bond donors (Lipinski definition) is 1. The molecule has 1 unspecified atom stereocenters. The van der Waals surface area contributed by atoms with Gasteiger partial charge in [0.15, 0.2) is 21.2 Å². The molecular formula is C22H28N4O5S. The van der Waals surface area contributed by atoms with Crippen LogP contribution in [0.3, 0.4) is 0 Å². The van der Waals surface area contributed by atoms with Gasteiger partial charge in [-0.3, -0.25) is 4.79 Å². The van der Waals surface area contributed by atoms with Gasteiger partial charge in [-0.25, -0.2) is 18.1 Å². The van der Waals surface area contributed by atoms with Gasteiger partial charge < -0.3 is 14.5 Å². The summed E-state index contributed by atoms with van der Waals surface area (Å²) in [5, 5.41) is 8.16. The zero-order valence-electron chi connectivity index (χ0n) is 18.5. The van der Waals surface area contributed by atoms with E-state index in [0.717, 1.165) is 0 Å². The number of hydrogen-bond acceptors (Lipinski definition) is 7. The van der Waals surface area contributed by atoms with Crippen LogP contribution < -0.4 is 5.32 Å². The number of carbonyl (C=O) groups excluding carboxylic acids is 1. The Balaban J connectivity index is 1.70. The maximum absolute atomic E-state index is 13.1. The number of rotatable bonds is 8. The second-order valence-electron chi connectivity index (χ2n) is 8.35. The van der Waals surface area contributed by atoms with E-state index < -0.39 is 9.84 Å². The third-order valence-corrected chi connectivity index (χ3v) is 7.22. The first-order valence-electron chi connectivity index (χ1n) is 10.8. The van der Waals surface area contributed by atoms with Crippen molar-refractivity contribution in [1.29, 1.82) is 0 Å². The first-order chi connectivity index (χ1) is 15.2. The third kappa shape index (κ3) is 4.71. The lowest BCUT2D eigenvalue weighted by molar-refractivity contribution is 0.0757. The van der Waals surface area contributed by atoms with Gasteiger partial charge in [-0.1, -0.05) is 0 Å². The molecule has 172 valence electrons. The molecule has 1 fully saturated rings. The van der Waals surface area contributed by atoms with Crippen LogP contribution in [0.25, 0.3) is 22.5 Å². The Bertz CT molecular complexity index is 1210. The van der Waals surface area contributed by atoms with Gasteiger partial charge in [0.1, 0.15) is 5.69 Å². The summed E-state index contributed by atoms with van der Waals surface area (Å²) in [5.74, 6) is 0.432. The van der Waals surface area contributed by atoms with Crippen molar-refractivity contribution < 1.29 is 22.4 Å². The highest BCUT2D eigenvalue weighted by atomic mass is 32.2. The van der Waals surface area contributed by atoms with E-state index in [2.05, 4.69) is 10.4 Å². The molecule has 1 aliphatic rings. The third-order valence-electron chi connectivity index (χ3n) is 5.47. The average Bonchev–Trinajstić information content (AvgIpc) is 3.46. The van der Waals surface area contributed by atoms with Gasteiger partial charge >= 0.3 is 0 Å². The number of aromatic nitrogens is 3. The average molecular weight is 461 g/mol. The normalized spacial score (nSPS) is 17.9. The molecule has 3 aromatic rings. The predicted octanol–water partition coefficient (Wildman–Crippen LogP) is 2.90. The number of sulfone groups is 1. The lowest BCUT2D eigenvalue weighted by Gasteiger charge is -2.12. The summed E-state index contributed by atoms with van der Waals surface area (Å²) < 4.78 is 36.8. The SMILES string of the molecule is Cc1nn(C2CCS(=O)(=O)C2)c2nc(-c3ccco3)cc(C(=O)NCCCOC(C)C)c12. The molecule has 1 amide bonds. The van der Waals surface area contributed by atoms with E-state index in [1.165, 1.54) is 0 Å². The highest BCUT2D eigenvalue weighted by Gasteiger charge is 2.32. The first-order valence-corrected chi connectivity index (χ1v) is 12.6. The van der Waals surface area contributed by atoms with Crippen molar-refractivity contribution in [2.24, 2.45) is 0 Å². The molecule has 0 bridgehead atoms. The van der Waals surface area contributed by atoms with Crippen LogP contribution in [0.2, 0.25) is 0 Å². The standard InChI is InChI=1S/C22H28N4O5S/c1-14(2)30-10-5-8-23-22(27)17-12-18(19-6-4-9-31-19)24-21-20(17)15(3)25-26(21)16-7-11-32(28,29)13-16/h4,6,9,12,14,16H,5,7-8,10-11,13H2,1-3H3,(H,23,27). The zero-order chi connectivity index (χ0) is 22.9. The number of nitrogens with one attached hydrogen (secondary N) is 1. The van der Waals surface area contributed by atoms with E-state index in [9.17, 15) is 13.2 Å². The fraction of sp³-hybridized carbons (Fsp3) is 0.500. The quantitative estimate of drug-likeness (QED) is 0.514. The molecule has 0 saturated carbocycles. The Morgan fingerprint density at radius 3 is 2.88 bits per heavy atom. The second kappa shape index (κ2) is 9.03. The summed E-state index contributed by atoms with van der Waals surface area (Å²) in [5.41, 5.74) is 2.07. The van der Waals surface area contributed by atoms with Gasteiger partial charge in [-0.15, -0.1) is 0 Å². The number of carbonyl (C=O) groups is 1. The topological polar surface area (TPSA) is 116 Å². The summed E-state index contributed by atoms with van der Waals surface area (Å²) in [4.78, 5) is 17.8. The fourth-order valence-electron chi connectivity index (χ4n) is 3.95. The van der Waals surface area contributed by atoms with Gasteiger partial charge in [-0.05, 0) is 51.8 Å². The van der Waals surface area contributed by atoms with E-state index in [1.807, 2.05) is 20.8 Å². The molecule has 0 aromatic carbocycles. The number of pyridine rings is 1. The predicted molar refractivity (Wildman–Crippen MR) is 120 cm³/mol. The van der Waals surface area contributed by atoms with Gasteiger partial charge in [0, 0.05) is 13.2 Å². The Hall–Kier alpha value is -2.72. The van der Waals surface area contributed by atoms with Crippen LogP contribution in [0.15, 0.2) is 28.9 Å². The van der Waals surface area contributed by atoms with E-state index in [4.69, 9.17) is 14.1 Å². The van der Waals surface area contributed by atoms with Crippen LogP contribution in [0.4, 0.5) is 0 Å². The molecule has 32 heavy (non-hydrogen) atoms. The summed E-state index contributed by atoms with van der Waals surface area (Å²) >= 11 is 0. The Kier molecular flexibility index (Phi) is 6.34. The molecule has 0 spiro atoms. The largest absolute Gasteiger partial charge is 0.463 e. The van der Waals surface area contributed by atoms with E-state index >= 15 is 0 Å². The Morgan fingerprint density at radius 1 is 1.41 bits per heavy atom. The minimum Gasteiger partial charge on any atom is -0.463 e. The van der Waals surface area contributed by atoms with E-state index in [-0.39, 0.29) is 29.6 Å². The maximum Gasteiger partial charge on any atom is 0.252 e. The molecule has 1 saturated heterocycles. The molecule has 1 aliphatic heterocycles. The number of nitrogens with zero attached hydrogens (tertiary/aromatic N) is 3. The lowest BCUT2D eigenvalue weighted by atomic mass is 10.1. The smallest absolute Gasteiger partial charge is 0.252 e. The van der Waals surface area contributed by atoms with E-state index in [0.29, 0.717) is 59.7 Å². The van der Waals surface area contributed by atoms with Crippen LogP contribution in [0.1, 0.15) is 48.8 Å². The number of ether oxygens (including phenoxy) is 1. The minimum absolute atomic E-state index is 0.0211. The van der Waals surface area contributed by atoms with Crippen molar-refractivity contribution in [3.8, 4) is 11.5 Å². The van der Waals surface area contributed by atoms with Crippen molar-refractivity contribution >= 4 is 26.8 Å². The van der Waals surface area contributed by atoms with Gasteiger partial charge in [-0.2, -0.15) is 5.10 Å². The van der Waals surface area contributed by atoms with Crippen LogP contribution in [-0.2, 0) is 14.6 Å². The van der Waals surface area contributed by atoms with Gasteiger partial charge in [0.25, 0.3) is 5.91 Å². The van der Waals surface area contributed by atoms with Crippen LogP contribution in [-0.4, -0.2) is 59.9 Å². The Morgan fingerprint density at radius 2 is 2.22 bits per heavy atom. The molecule has 4 heterocycles. The molecule has 0 aliphatic carbocycles. The van der Waals surface area contributed by atoms with Crippen molar-refractivity contribution in [2.45, 2.75) is 45.8 Å². The molecule has 3 aromatic heterocycles. The number of fused-ring (bicyclic) bond motifs is 1. The monoisotopic (exact) mass is 460 g/mol. The number of aryl methyl sites for hydroxylation is 1. The zero-order valence-corrected chi connectivity index (χ0v) is 19.3. The highest BCUT2D eigenvalue weighted by Crippen LogP contribution is 2.32. The summed E-state index contributed by atoms with van der Waals surface area (Å²) in [6.07, 6.45) is 2.86. The first kappa shape index (κ1) is 22.5. The molecule has 1 N–H and O–H groups in total. The maximum atomic E-state index is 13.1. The fourth-order valence-corrected chi connectivity index (χ4v) is 5.65. The number of furan rings is 1. The Labute approximate surface area is 187 Å². The number of amides is 1. The molecule has 10 heteroatoms. The van der Waals surface area contributed by atoms with Crippen LogP contribution in [0, 0.1) is 6.92 Å². The van der Waals surface area contributed by atoms with Crippen molar-refractivity contribution in [3.05, 3.63) is 35.7 Å². The van der Waals surface area contributed by atoms with E-state index in [1.54, 1.807) is 29.1 Å². The lowest BCUT2D eigenvalue weighted by Crippen LogP contribution is -2.26. The summed E-state index contributed by atoms with van der Waals surface area (Å²) in [7, 11) is -3.10. The van der Waals surface area contributed by atoms with Crippen LogP contribution in [0.5, 0.6) is 0 Å².